The van der Waals surface area contributed by atoms with Crippen molar-refractivity contribution < 1.29 is 4.79 Å². The predicted molar refractivity (Wildman–Crippen MR) is 125 cm³/mol. The van der Waals surface area contributed by atoms with Gasteiger partial charge in [0.05, 0.1) is 11.1 Å². The van der Waals surface area contributed by atoms with Gasteiger partial charge in [0, 0.05) is 31.2 Å². The first-order valence-corrected chi connectivity index (χ1v) is 10.3. The van der Waals surface area contributed by atoms with Crippen LogP contribution in [0.1, 0.15) is 37.6 Å². The molecule has 0 atom stereocenters. The maximum absolute atomic E-state index is 12.1. The van der Waals surface area contributed by atoms with Gasteiger partial charge in [-0.1, -0.05) is 56.7 Å². The lowest BCUT2D eigenvalue weighted by molar-refractivity contribution is 0.112. The second-order valence-corrected chi connectivity index (χ2v) is 9.07. The second kappa shape index (κ2) is 8.42. The van der Waals surface area contributed by atoms with Crippen molar-refractivity contribution in [3.8, 4) is 0 Å². The average Bonchev–Trinajstić information content (AvgIpc) is 2.81. The van der Waals surface area contributed by atoms with Gasteiger partial charge in [0.15, 0.2) is 6.29 Å². The van der Waals surface area contributed by atoms with Gasteiger partial charge in [-0.05, 0) is 44.1 Å². The number of aromatic nitrogens is 1. The molecule has 0 saturated carbocycles. The van der Waals surface area contributed by atoms with E-state index in [9.17, 15) is 4.79 Å². The third-order valence-corrected chi connectivity index (χ3v) is 5.55. The van der Waals surface area contributed by atoms with Crippen molar-refractivity contribution in [2.24, 2.45) is 5.41 Å². The summed E-state index contributed by atoms with van der Waals surface area (Å²) < 4.78 is 2.23. The number of nitrogens with zero attached hydrogens (tertiary/aromatic N) is 3. The van der Waals surface area contributed by atoms with E-state index in [2.05, 4.69) is 86.7 Å². The molecule has 3 rings (SSSR count). The van der Waals surface area contributed by atoms with Crippen molar-refractivity contribution in [2.75, 3.05) is 39.1 Å². The number of para-hydroxylation sites is 1. The molecule has 0 N–H and O–H groups in total. The van der Waals surface area contributed by atoms with Gasteiger partial charge in [-0.3, -0.25) is 9.36 Å². The van der Waals surface area contributed by atoms with Crippen molar-refractivity contribution in [3.05, 3.63) is 59.7 Å². The van der Waals surface area contributed by atoms with Gasteiger partial charge >= 0.3 is 0 Å². The zero-order valence-electron chi connectivity index (χ0n) is 18.6. The monoisotopic (exact) mass is 391 g/mol. The molecular weight excluding hydrogens is 358 g/mol. The Balaban J connectivity index is 2.21. The van der Waals surface area contributed by atoms with Gasteiger partial charge < -0.3 is 9.80 Å². The molecule has 0 bridgehead atoms. The van der Waals surface area contributed by atoms with Crippen LogP contribution in [0.4, 0.5) is 5.82 Å². The third kappa shape index (κ3) is 4.38. The minimum absolute atomic E-state index is 0.133. The summed E-state index contributed by atoms with van der Waals surface area (Å²) in [7, 11) is 6.21. The summed E-state index contributed by atoms with van der Waals surface area (Å²) in [5.74, 6) is 0.951. The van der Waals surface area contributed by atoms with Gasteiger partial charge in [-0.2, -0.15) is 0 Å². The van der Waals surface area contributed by atoms with E-state index in [0.717, 1.165) is 53.8 Å². The van der Waals surface area contributed by atoms with Crippen molar-refractivity contribution in [1.29, 1.82) is 0 Å². The van der Waals surface area contributed by atoms with E-state index < -0.39 is 0 Å². The number of carbonyl (C=O) groups is 1. The zero-order valence-corrected chi connectivity index (χ0v) is 18.6. The summed E-state index contributed by atoms with van der Waals surface area (Å²) in [6.45, 7) is 8.51. The van der Waals surface area contributed by atoms with Crippen LogP contribution < -0.4 is 4.90 Å². The number of carbonyl (C=O) groups excluding carboxylic acids is 1. The topological polar surface area (TPSA) is 28.5 Å². The molecule has 1 heterocycles. The summed E-state index contributed by atoms with van der Waals surface area (Å²) in [6, 6.07) is 8.17. The molecule has 29 heavy (non-hydrogen) atoms. The summed E-state index contributed by atoms with van der Waals surface area (Å²) in [6.07, 6.45) is 10.8. The minimum Gasteiger partial charge on any atom is -0.359 e. The standard InChI is InChI=1S/C25H33N3O/c1-25(2,3)19-10-9-11-20(15-14-19)28-23-13-8-7-12-21(23)22(18-29)24(28)27(6)17-16-26(4)5/h7-9,11-15,18H,10,16-17H2,1-6H3. The van der Waals surface area contributed by atoms with Crippen molar-refractivity contribution in [3.63, 3.8) is 0 Å². The lowest BCUT2D eigenvalue weighted by atomic mass is 9.84. The normalized spacial score (nSPS) is 14.7. The Hall–Kier alpha value is -2.59. The number of aldehydes is 1. The van der Waals surface area contributed by atoms with Crippen LogP contribution in [0.25, 0.3) is 16.6 Å². The molecular formula is C25H33N3O. The van der Waals surface area contributed by atoms with Crippen LogP contribution >= 0.6 is 0 Å². The Morgan fingerprint density at radius 2 is 1.79 bits per heavy atom. The lowest BCUT2D eigenvalue weighted by Crippen LogP contribution is -2.30. The number of hydrogen-bond donors (Lipinski definition) is 0. The fourth-order valence-electron chi connectivity index (χ4n) is 3.78. The first-order valence-electron chi connectivity index (χ1n) is 10.3. The quantitative estimate of drug-likeness (QED) is 0.632. The highest BCUT2D eigenvalue weighted by Crippen LogP contribution is 2.36. The molecule has 0 amide bonds. The summed E-state index contributed by atoms with van der Waals surface area (Å²) in [5.41, 5.74) is 4.43. The zero-order chi connectivity index (χ0) is 21.2. The van der Waals surface area contributed by atoms with E-state index in [1.54, 1.807) is 0 Å². The highest BCUT2D eigenvalue weighted by Gasteiger charge is 2.22. The molecule has 0 fully saturated rings. The number of fused-ring (bicyclic) bond motifs is 1. The number of allylic oxidation sites excluding steroid dienone is 6. The first kappa shape index (κ1) is 21.1. The second-order valence-electron chi connectivity index (χ2n) is 9.07. The molecule has 0 saturated heterocycles. The molecule has 0 unspecified atom stereocenters. The Morgan fingerprint density at radius 3 is 2.45 bits per heavy atom. The van der Waals surface area contributed by atoms with Crippen LogP contribution in [0.3, 0.4) is 0 Å². The average molecular weight is 392 g/mol. The van der Waals surface area contributed by atoms with E-state index in [0.29, 0.717) is 0 Å². The van der Waals surface area contributed by atoms with Crippen molar-refractivity contribution in [2.45, 2.75) is 27.2 Å². The number of anilines is 1. The fourth-order valence-corrected chi connectivity index (χ4v) is 3.78. The SMILES string of the molecule is CN(C)CCN(C)c1c(C=O)c2ccccc2n1C1=CC=C(C(C)(C)C)CC=C1. The number of benzene rings is 1. The molecule has 0 spiro atoms. The maximum atomic E-state index is 12.1. The van der Waals surface area contributed by atoms with E-state index >= 15 is 0 Å². The Morgan fingerprint density at radius 1 is 1.07 bits per heavy atom. The van der Waals surface area contributed by atoms with E-state index in [1.807, 2.05) is 18.2 Å². The number of hydrogen-bond acceptors (Lipinski definition) is 3. The number of rotatable bonds is 6. The van der Waals surface area contributed by atoms with Crippen molar-refractivity contribution >= 4 is 28.7 Å². The molecule has 1 aromatic carbocycles. The summed E-state index contributed by atoms with van der Waals surface area (Å²) in [5, 5.41) is 0.993. The highest BCUT2D eigenvalue weighted by molar-refractivity contribution is 6.06. The van der Waals surface area contributed by atoms with Crippen LogP contribution in [-0.2, 0) is 0 Å². The molecule has 1 aliphatic rings. The highest BCUT2D eigenvalue weighted by atomic mass is 16.1. The van der Waals surface area contributed by atoms with Gasteiger partial charge in [0.1, 0.15) is 5.82 Å². The van der Waals surface area contributed by atoms with Crippen LogP contribution in [0.15, 0.2) is 54.1 Å². The summed E-state index contributed by atoms with van der Waals surface area (Å²) in [4.78, 5) is 16.5. The Labute approximate surface area is 174 Å². The smallest absolute Gasteiger partial charge is 0.154 e. The van der Waals surface area contributed by atoms with E-state index in [1.165, 1.54) is 5.57 Å². The molecule has 0 aliphatic heterocycles. The van der Waals surface area contributed by atoms with Crippen LogP contribution in [0.2, 0.25) is 0 Å². The summed E-state index contributed by atoms with van der Waals surface area (Å²) >= 11 is 0. The molecule has 4 heteroatoms. The van der Waals surface area contributed by atoms with Gasteiger partial charge in [0.25, 0.3) is 0 Å². The van der Waals surface area contributed by atoms with E-state index in [4.69, 9.17) is 0 Å². The lowest BCUT2D eigenvalue weighted by Gasteiger charge is -2.24. The maximum Gasteiger partial charge on any atom is 0.154 e. The minimum atomic E-state index is 0.133. The van der Waals surface area contributed by atoms with Crippen molar-refractivity contribution in [1.82, 2.24) is 9.47 Å². The molecule has 0 radical (unpaired) electrons. The first-order chi connectivity index (χ1) is 13.7. The van der Waals surface area contributed by atoms with Gasteiger partial charge in [-0.25, -0.2) is 0 Å². The van der Waals surface area contributed by atoms with Crippen LogP contribution in [-0.4, -0.2) is 50.0 Å². The largest absolute Gasteiger partial charge is 0.359 e. The van der Waals surface area contributed by atoms with Gasteiger partial charge in [-0.15, -0.1) is 0 Å². The molecule has 1 aliphatic carbocycles. The molecule has 4 nitrogen and oxygen atoms in total. The van der Waals surface area contributed by atoms with Crippen LogP contribution in [0, 0.1) is 5.41 Å². The molecule has 154 valence electrons. The number of likely N-dealkylation sites (N-methyl/N-ethyl adjacent to an activating group) is 2. The molecule has 1 aromatic heterocycles. The van der Waals surface area contributed by atoms with Crippen LogP contribution in [0.5, 0.6) is 0 Å². The predicted octanol–water partition coefficient (Wildman–Crippen LogP) is 5.22. The fraction of sp³-hybridized carbons (Fsp3) is 0.400. The van der Waals surface area contributed by atoms with Gasteiger partial charge in [0.2, 0.25) is 0 Å². The Bertz CT molecular complexity index is 983. The third-order valence-electron chi connectivity index (χ3n) is 5.55. The Kier molecular flexibility index (Phi) is 6.13. The van der Waals surface area contributed by atoms with E-state index in [-0.39, 0.29) is 5.41 Å². The molecule has 2 aromatic rings.